The van der Waals surface area contributed by atoms with Gasteiger partial charge in [-0.2, -0.15) is 0 Å². The Morgan fingerprint density at radius 2 is 1.78 bits per heavy atom. The van der Waals surface area contributed by atoms with Gasteiger partial charge in [0.25, 0.3) is 0 Å². The number of nitrogens with two attached hydrogens (primary N) is 1. The lowest BCUT2D eigenvalue weighted by Crippen LogP contribution is -2.51. The molecule has 0 radical (unpaired) electrons. The summed E-state index contributed by atoms with van der Waals surface area (Å²) < 4.78 is 27.4. The Bertz CT molecular complexity index is 502. The Morgan fingerprint density at radius 1 is 1.22 bits per heavy atom. The molecule has 100 valence electrons. The highest BCUT2D eigenvalue weighted by atomic mass is 32.2. The molecule has 1 fully saturated rings. The first-order chi connectivity index (χ1) is 8.47. The maximum Gasteiger partial charge on any atom is 0.241 e. The molecule has 0 amide bonds. The van der Waals surface area contributed by atoms with Crippen molar-refractivity contribution in [2.45, 2.75) is 43.0 Å². The van der Waals surface area contributed by atoms with Crippen molar-refractivity contribution in [2.24, 2.45) is 5.73 Å². The van der Waals surface area contributed by atoms with Gasteiger partial charge in [0.05, 0.1) is 4.90 Å². The first kappa shape index (κ1) is 13.5. The SMILES string of the molecule is Cc1ccc(S(=O)(=O)NC2(CN)CCCC2)cc1. The fourth-order valence-corrected chi connectivity index (χ4v) is 3.93. The van der Waals surface area contributed by atoms with Crippen LogP contribution >= 0.6 is 0 Å². The van der Waals surface area contributed by atoms with E-state index in [1.54, 1.807) is 24.3 Å². The predicted molar refractivity (Wildman–Crippen MR) is 71.8 cm³/mol. The van der Waals surface area contributed by atoms with Crippen molar-refractivity contribution in [1.82, 2.24) is 4.72 Å². The lowest BCUT2D eigenvalue weighted by atomic mass is 10.0. The monoisotopic (exact) mass is 268 g/mol. The number of benzene rings is 1. The van der Waals surface area contributed by atoms with Crippen LogP contribution in [0.1, 0.15) is 31.2 Å². The second-order valence-electron chi connectivity index (χ2n) is 5.11. The van der Waals surface area contributed by atoms with Crippen LogP contribution < -0.4 is 10.5 Å². The molecule has 0 bridgehead atoms. The average Bonchev–Trinajstić information content (AvgIpc) is 2.78. The zero-order valence-electron chi connectivity index (χ0n) is 10.6. The molecule has 1 aromatic carbocycles. The van der Waals surface area contributed by atoms with Gasteiger partial charge in [0.2, 0.25) is 10.0 Å². The third-order valence-electron chi connectivity index (χ3n) is 3.63. The molecular formula is C13H20N2O2S. The van der Waals surface area contributed by atoms with Crippen LogP contribution in [0.5, 0.6) is 0 Å². The summed E-state index contributed by atoms with van der Waals surface area (Å²) in [6.45, 7) is 2.29. The van der Waals surface area contributed by atoms with Gasteiger partial charge in [0.1, 0.15) is 0 Å². The van der Waals surface area contributed by atoms with E-state index in [2.05, 4.69) is 4.72 Å². The smallest absolute Gasteiger partial charge is 0.241 e. The van der Waals surface area contributed by atoms with E-state index in [-0.39, 0.29) is 0 Å². The zero-order valence-corrected chi connectivity index (χ0v) is 11.5. The number of hydrogen-bond donors (Lipinski definition) is 2. The number of nitrogens with one attached hydrogen (secondary N) is 1. The van der Waals surface area contributed by atoms with E-state index in [0.717, 1.165) is 31.2 Å². The van der Waals surface area contributed by atoms with E-state index in [9.17, 15) is 8.42 Å². The molecule has 5 heteroatoms. The van der Waals surface area contributed by atoms with Crippen LogP contribution in [-0.4, -0.2) is 20.5 Å². The van der Waals surface area contributed by atoms with Crippen LogP contribution in [0.15, 0.2) is 29.2 Å². The van der Waals surface area contributed by atoms with Crippen molar-refractivity contribution in [2.75, 3.05) is 6.54 Å². The molecule has 0 aromatic heterocycles. The molecule has 3 N–H and O–H groups in total. The van der Waals surface area contributed by atoms with Gasteiger partial charge < -0.3 is 5.73 Å². The fraction of sp³-hybridized carbons (Fsp3) is 0.538. The molecule has 1 aliphatic rings. The molecule has 4 nitrogen and oxygen atoms in total. The van der Waals surface area contributed by atoms with Crippen LogP contribution in [0.2, 0.25) is 0 Å². The van der Waals surface area contributed by atoms with Gasteiger partial charge >= 0.3 is 0 Å². The van der Waals surface area contributed by atoms with E-state index >= 15 is 0 Å². The summed E-state index contributed by atoms with van der Waals surface area (Å²) in [4.78, 5) is 0.313. The van der Waals surface area contributed by atoms with E-state index < -0.39 is 15.6 Å². The Balaban J connectivity index is 2.24. The number of rotatable bonds is 4. The summed E-state index contributed by atoms with van der Waals surface area (Å²) in [5.74, 6) is 0. The third kappa shape index (κ3) is 2.74. The summed E-state index contributed by atoms with van der Waals surface area (Å²) in [7, 11) is -3.46. The predicted octanol–water partition coefficient (Wildman–Crippen LogP) is 1.54. The van der Waals surface area contributed by atoms with Gasteiger partial charge in [-0.15, -0.1) is 0 Å². The molecule has 0 saturated heterocycles. The van der Waals surface area contributed by atoms with Crippen molar-refractivity contribution in [1.29, 1.82) is 0 Å². The van der Waals surface area contributed by atoms with E-state index in [0.29, 0.717) is 11.4 Å². The molecule has 1 aliphatic carbocycles. The molecule has 0 heterocycles. The molecule has 0 atom stereocenters. The minimum atomic E-state index is -3.46. The summed E-state index contributed by atoms with van der Waals surface area (Å²) in [6, 6.07) is 6.88. The van der Waals surface area contributed by atoms with Gasteiger partial charge in [0, 0.05) is 12.1 Å². The summed E-state index contributed by atoms with van der Waals surface area (Å²) in [5, 5.41) is 0. The average molecular weight is 268 g/mol. The van der Waals surface area contributed by atoms with E-state index in [4.69, 9.17) is 5.73 Å². The molecule has 0 spiro atoms. The number of sulfonamides is 1. The number of aryl methyl sites for hydroxylation is 1. The Hall–Kier alpha value is -0.910. The lowest BCUT2D eigenvalue weighted by molar-refractivity contribution is 0.399. The molecule has 2 rings (SSSR count). The molecule has 18 heavy (non-hydrogen) atoms. The zero-order chi connectivity index (χ0) is 13.2. The van der Waals surface area contributed by atoms with Crippen molar-refractivity contribution in [3.8, 4) is 0 Å². The molecule has 1 saturated carbocycles. The Kier molecular flexibility index (Phi) is 3.75. The highest BCUT2D eigenvalue weighted by Gasteiger charge is 2.36. The normalized spacial score (nSPS) is 19.0. The summed E-state index contributed by atoms with van der Waals surface area (Å²) >= 11 is 0. The standard InChI is InChI=1S/C13H20N2O2S/c1-11-4-6-12(7-5-11)18(16,17)15-13(10-14)8-2-3-9-13/h4-7,15H,2-3,8-10,14H2,1H3. The first-order valence-corrected chi connectivity index (χ1v) is 7.77. The van der Waals surface area contributed by atoms with Gasteiger partial charge in [-0.3, -0.25) is 0 Å². The minimum Gasteiger partial charge on any atom is -0.329 e. The number of hydrogen-bond acceptors (Lipinski definition) is 3. The Morgan fingerprint density at radius 3 is 2.28 bits per heavy atom. The summed E-state index contributed by atoms with van der Waals surface area (Å²) in [5.41, 5.74) is 6.36. The first-order valence-electron chi connectivity index (χ1n) is 6.28. The maximum atomic E-state index is 12.3. The third-order valence-corrected chi connectivity index (χ3v) is 5.23. The molecular weight excluding hydrogens is 248 g/mol. The van der Waals surface area contributed by atoms with Crippen molar-refractivity contribution >= 4 is 10.0 Å². The van der Waals surface area contributed by atoms with Gasteiger partial charge in [-0.1, -0.05) is 30.5 Å². The second kappa shape index (κ2) is 4.99. The molecule has 0 unspecified atom stereocenters. The maximum absolute atomic E-state index is 12.3. The van der Waals surface area contributed by atoms with E-state index in [1.165, 1.54) is 0 Å². The van der Waals surface area contributed by atoms with Crippen molar-refractivity contribution < 1.29 is 8.42 Å². The fourth-order valence-electron chi connectivity index (χ4n) is 2.46. The van der Waals surface area contributed by atoms with Crippen molar-refractivity contribution in [3.05, 3.63) is 29.8 Å². The van der Waals surface area contributed by atoms with Gasteiger partial charge in [-0.05, 0) is 31.9 Å². The largest absolute Gasteiger partial charge is 0.329 e. The van der Waals surface area contributed by atoms with Crippen molar-refractivity contribution in [3.63, 3.8) is 0 Å². The van der Waals surface area contributed by atoms with Crippen LogP contribution in [0, 0.1) is 6.92 Å². The molecule has 1 aromatic rings. The van der Waals surface area contributed by atoms with Gasteiger partial charge in [0.15, 0.2) is 0 Å². The van der Waals surface area contributed by atoms with Gasteiger partial charge in [-0.25, -0.2) is 13.1 Å². The minimum absolute atomic E-state index is 0.313. The highest BCUT2D eigenvalue weighted by Crippen LogP contribution is 2.30. The highest BCUT2D eigenvalue weighted by molar-refractivity contribution is 7.89. The summed E-state index contributed by atoms with van der Waals surface area (Å²) in [6.07, 6.45) is 3.73. The van der Waals surface area contributed by atoms with E-state index in [1.807, 2.05) is 6.92 Å². The Labute approximate surface area is 109 Å². The topological polar surface area (TPSA) is 72.2 Å². The lowest BCUT2D eigenvalue weighted by Gasteiger charge is -2.28. The quantitative estimate of drug-likeness (QED) is 0.870. The van der Waals surface area contributed by atoms with Crippen LogP contribution in [0.4, 0.5) is 0 Å². The van der Waals surface area contributed by atoms with Crippen LogP contribution in [-0.2, 0) is 10.0 Å². The second-order valence-corrected chi connectivity index (χ2v) is 6.79. The van der Waals surface area contributed by atoms with Crippen LogP contribution in [0.25, 0.3) is 0 Å². The van der Waals surface area contributed by atoms with Crippen LogP contribution in [0.3, 0.4) is 0 Å². The molecule has 0 aliphatic heterocycles.